The van der Waals surface area contributed by atoms with Gasteiger partial charge < -0.3 is 10.2 Å². The minimum absolute atomic E-state index is 0.219. The molecule has 3 nitrogen and oxygen atoms in total. The van der Waals surface area contributed by atoms with Crippen molar-refractivity contribution in [1.29, 1.82) is 0 Å². The highest BCUT2D eigenvalue weighted by Crippen LogP contribution is 2.34. The second-order valence-electron chi connectivity index (χ2n) is 2.86. The molecule has 1 aliphatic heterocycles. The predicted octanol–water partition coefficient (Wildman–Crippen LogP) is 0.577. The molecule has 11 heavy (non-hydrogen) atoms. The van der Waals surface area contributed by atoms with Crippen molar-refractivity contribution < 1.29 is 15.0 Å². The van der Waals surface area contributed by atoms with Crippen molar-refractivity contribution in [3.05, 3.63) is 0 Å². The zero-order valence-corrected chi connectivity index (χ0v) is 7.06. The fourth-order valence-electron chi connectivity index (χ4n) is 1.20. The van der Waals surface area contributed by atoms with Gasteiger partial charge >= 0.3 is 5.97 Å². The van der Waals surface area contributed by atoms with E-state index in [4.69, 9.17) is 10.2 Å². The van der Waals surface area contributed by atoms with E-state index in [1.807, 2.05) is 0 Å². The summed E-state index contributed by atoms with van der Waals surface area (Å²) in [5, 5.41) is 17.7. The van der Waals surface area contributed by atoms with Crippen molar-refractivity contribution in [2.24, 2.45) is 5.41 Å². The van der Waals surface area contributed by atoms with Gasteiger partial charge in [0, 0.05) is 0 Å². The van der Waals surface area contributed by atoms with Crippen molar-refractivity contribution in [2.45, 2.75) is 12.8 Å². The van der Waals surface area contributed by atoms with E-state index in [9.17, 15) is 4.79 Å². The molecule has 1 heterocycles. The lowest BCUT2D eigenvalue weighted by Crippen LogP contribution is -2.38. The maximum absolute atomic E-state index is 10.7. The normalized spacial score (nSPS) is 23.0. The molecule has 0 spiro atoms. The van der Waals surface area contributed by atoms with E-state index < -0.39 is 11.4 Å². The van der Waals surface area contributed by atoms with Crippen LogP contribution in [0.4, 0.5) is 0 Å². The Morgan fingerprint density at radius 3 is 2.27 bits per heavy atom. The van der Waals surface area contributed by atoms with Crippen molar-refractivity contribution >= 4 is 17.7 Å². The molecule has 0 bridgehead atoms. The number of carboxylic acids is 1. The summed E-state index contributed by atoms with van der Waals surface area (Å²) in [4.78, 5) is 10.7. The monoisotopic (exact) mass is 176 g/mol. The predicted molar refractivity (Wildman–Crippen MR) is 43.7 cm³/mol. The fourth-order valence-corrected chi connectivity index (χ4v) is 2.48. The maximum atomic E-state index is 10.7. The molecule has 0 aromatic carbocycles. The van der Waals surface area contributed by atoms with Crippen LogP contribution < -0.4 is 0 Å². The first-order chi connectivity index (χ1) is 5.21. The average Bonchev–Trinajstić information content (AvgIpc) is 2.05. The minimum Gasteiger partial charge on any atom is -0.481 e. The molecule has 0 radical (unpaired) electrons. The van der Waals surface area contributed by atoms with Crippen molar-refractivity contribution in [3.8, 4) is 0 Å². The number of hydrogen-bond acceptors (Lipinski definition) is 3. The number of hydrogen-bond donors (Lipinski definition) is 2. The van der Waals surface area contributed by atoms with E-state index in [0.717, 1.165) is 11.5 Å². The van der Waals surface area contributed by atoms with Crippen molar-refractivity contribution in [1.82, 2.24) is 0 Å². The third kappa shape index (κ3) is 1.68. The third-order valence-corrected chi connectivity index (χ3v) is 3.19. The van der Waals surface area contributed by atoms with Gasteiger partial charge in [0.2, 0.25) is 0 Å². The summed E-state index contributed by atoms with van der Waals surface area (Å²) in [6, 6.07) is 0. The van der Waals surface area contributed by atoms with Gasteiger partial charge in [0.1, 0.15) is 0 Å². The first-order valence-electron chi connectivity index (χ1n) is 3.63. The van der Waals surface area contributed by atoms with Gasteiger partial charge in [-0.2, -0.15) is 11.8 Å². The van der Waals surface area contributed by atoms with Crippen LogP contribution in [0.15, 0.2) is 0 Å². The van der Waals surface area contributed by atoms with Crippen LogP contribution in [0.2, 0.25) is 0 Å². The minimum atomic E-state index is -0.847. The Morgan fingerprint density at radius 2 is 2.00 bits per heavy atom. The zero-order chi connectivity index (χ0) is 8.32. The number of thioether (sulfide) groups is 1. The van der Waals surface area contributed by atoms with Crippen molar-refractivity contribution in [3.63, 3.8) is 0 Å². The summed E-state index contributed by atoms with van der Waals surface area (Å²) in [7, 11) is 0. The second kappa shape index (κ2) is 3.45. The molecule has 0 aromatic heterocycles. The number of carbonyl (C=O) groups is 1. The summed E-state index contributed by atoms with van der Waals surface area (Å²) in [5.41, 5.74) is -0.828. The summed E-state index contributed by atoms with van der Waals surface area (Å²) in [6.07, 6.45) is 1.20. The van der Waals surface area contributed by atoms with Crippen LogP contribution in [0, 0.1) is 5.41 Å². The molecule has 1 rings (SSSR count). The molecule has 1 saturated heterocycles. The molecule has 0 saturated carbocycles. The van der Waals surface area contributed by atoms with Gasteiger partial charge in [-0.25, -0.2) is 0 Å². The van der Waals surface area contributed by atoms with Crippen LogP contribution in [-0.4, -0.2) is 34.3 Å². The van der Waals surface area contributed by atoms with Gasteiger partial charge in [-0.15, -0.1) is 0 Å². The fraction of sp³-hybridized carbons (Fsp3) is 0.857. The standard InChI is InChI=1S/C7H12O3S/c8-5-7(6(9)10)1-3-11-4-2-7/h8H,1-5H2,(H,9,10). The smallest absolute Gasteiger partial charge is 0.312 e. The number of aliphatic hydroxyl groups excluding tert-OH is 1. The van der Waals surface area contributed by atoms with Gasteiger partial charge in [0.05, 0.1) is 12.0 Å². The molecule has 0 atom stereocenters. The largest absolute Gasteiger partial charge is 0.481 e. The summed E-state index contributed by atoms with van der Waals surface area (Å²) < 4.78 is 0. The van der Waals surface area contributed by atoms with E-state index in [1.54, 1.807) is 11.8 Å². The molecule has 0 aromatic rings. The Morgan fingerprint density at radius 1 is 1.45 bits per heavy atom. The van der Waals surface area contributed by atoms with Crippen LogP contribution in [0.25, 0.3) is 0 Å². The Labute approximate surface area is 69.8 Å². The summed E-state index contributed by atoms with van der Waals surface area (Å²) >= 11 is 1.76. The SMILES string of the molecule is O=C(O)C1(CO)CCSCC1. The molecule has 2 N–H and O–H groups in total. The molecule has 1 fully saturated rings. The molecular formula is C7H12O3S. The molecule has 64 valence electrons. The second-order valence-corrected chi connectivity index (χ2v) is 4.08. The summed E-state index contributed by atoms with van der Waals surface area (Å²) in [5.74, 6) is 0.861. The van der Waals surface area contributed by atoms with Gasteiger partial charge in [0.15, 0.2) is 0 Å². The first-order valence-corrected chi connectivity index (χ1v) is 4.79. The third-order valence-electron chi connectivity index (χ3n) is 2.21. The molecule has 0 unspecified atom stereocenters. The Kier molecular flexibility index (Phi) is 2.78. The van der Waals surface area contributed by atoms with E-state index in [0.29, 0.717) is 12.8 Å². The Balaban J connectivity index is 2.64. The lowest BCUT2D eigenvalue weighted by molar-refractivity contribution is -0.152. The van der Waals surface area contributed by atoms with E-state index in [1.165, 1.54) is 0 Å². The lowest BCUT2D eigenvalue weighted by Gasteiger charge is -2.30. The van der Waals surface area contributed by atoms with Crippen molar-refractivity contribution in [2.75, 3.05) is 18.1 Å². The lowest BCUT2D eigenvalue weighted by atomic mass is 9.83. The molecule has 1 aliphatic rings. The maximum Gasteiger partial charge on any atom is 0.312 e. The Hall–Kier alpha value is -0.220. The summed E-state index contributed by atoms with van der Waals surface area (Å²) in [6.45, 7) is -0.219. The topological polar surface area (TPSA) is 57.5 Å². The highest BCUT2D eigenvalue weighted by molar-refractivity contribution is 7.99. The Bertz CT molecular complexity index is 152. The van der Waals surface area contributed by atoms with Gasteiger partial charge in [0.25, 0.3) is 0 Å². The number of rotatable bonds is 2. The first kappa shape index (κ1) is 8.87. The van der Waals surface area contributed by atoms with Gasteiger partial charge in [-0.1, -0.05) is 0 Å². The number of aliphatic hydroxyl groups is 1. The van der Waals surface area contributed by atoms with E-state index in [-0.39, 0.29) is 6.61 Å². The highest BCUT2D eigenvalue weighted by Gasteiger charge is 2.39. The molecule has 0 amide bonds. The quantitative estimate of drug-likeness (QED) is 0.646. The highest BCUT2D eigenvalue weighted by atomic mass is 32.2. The van der Waals surface area contributed by atoms with Crippen LogP contribution in [0.5, 0.6) is 0 Å². The van der Waals surface area contributed by atoms with E-state index >= 15 is 0 Å². The van der Waals surface area contributed by atoms with Crippen LogP contribution >= 0.6 is 11.8 Å². The number of carboxylic acid groups (broad SMARTS) is 1. The average molecular weight is 176 g/mol. The van der Waals surface area contributed by atoms with Gasteiger partial charge in [-0.05, 0) is 24.3 Å². The number of aliphatic carboxylic acids is 1. The van der Waals surface area contributed by atoms with Crippen LogP contribution in [-0.2, 0) is 4.79 Å². The van der Waals surface area contributed by atoms with E-state index in [2.05, 4.69) is 0 Å². The van der Waals surface area contributed by atoms with Crippen LogP contribution in [0.1, 0.15) is 12.8 Å². The zero-order valence-electron chi connectivity index (χ0n) is 6.25. The molecular weight excluding hydrogens is 164 g/mol. The molecule has 4 heteroatoms. The van der Waals surface area contributed by atoms with Gasteiger partial charge in [-0.3, -0.25) is 4.79 Å². The molecule has 0 aliphatic carbocycles. The van der Waals surface area contributed by atoms with Crippen LogP contribution in [0.3, 0.4) is 0 Å².